The van der Waals surface area contributed by atoms with Crippen LogP contribution in [-0.2, 0) is 30.7 Å². The second-order valence-corrected chi connectivity index (χ2v) is 7.08. The number of sulfone groups is 1. The Bertz CT molecular complexity index is 583. The molecule has 0 saturated heterocycles. The molecule has 0 fully saturated rings. The first-order chi connectivity index (χ1) is 9.85. The van der Waals surface area contributed by atoms with Crippen molar-refractivity contribution in [2.24, 2.45) is 0 Å². The maximum atomic E-state index is 11.9. The van der Waals surface area contributed by atoms with Crippen molar-refractivity contribution in [3.63, 3.8) is 0 Å². The highest BCUT2D eigenvalue weighted by Crippen LogP contribution is 2.08. The Morgan fingerprint density at radius 2 is 1.86 bits per heavy atom. The summed E-state index contributed by atoms with van der Waals surface area (Å²) in [6.45, 7) is 1.65. The number of esters is 1. The molecule has 0 aliphatic rings. The zero-order chi connectivity index (χ0) is 15.9. The van der Waals surface area contributed by atoms with Gasteiger partial charge in [-0.15, -0.1) is 0 Å². The molecule has 0 bridgehead atoms. The molecule has 1 unspecified atom stereocenters. The molecule has 7 heteroatoms. The molecule has 0 heterocycles. The molecule has 1 aromatic carbocycles. The Morgan fingerprint density at radius 1 is 1.24 bits per heavy atom. The number of carbonyl (C=O) groups excluding carboxylic acids is 2. The molecule has 116 valence electrons. The van der Waals surface area contributed by atoms with Crippen LogP contribution in [-0.4, -0.2) is 38.4 Å². The monoisotopic (exact) mass is 313 g/mol. The molecule has 1 rings (SSSR count). The van der Waals surface area contributed by atoms with E-state index in [9.17, 15) is 18.0 Å². The average molecular weight is 313 g/mol. The third kappa shape index (κ3) is 5.95. The second kappa shape index (κ2) is 7.78. The number of rotatable bonds is 7. The van der Waals surface area contributed by atoms with Gasteiger partial charge in [-0.2, -0.15) is 0 Å². The predicted molar refractivity (Wildman–Crippen MR) is 78.2 cm³/mol. The van der Waals surface area contributed by atoms with Crippen LogP contribution in [0.25, 0.3) is 0 Å². The Morgan fingerprint density at radius 3 is 2.43 bits per heavy atom. The van der Waals surface area contributed by atoms with Crippen molar-refractivity contribution in [2.75, 3.05) is 12.9 Å². The van der Waals surface area contributed by atoms with Crippen molar-refractivity contribution in [1.82, 2.24) is 5.32 Å². The quantitative estimate of drug-likeness (QED) is 0.747. The SMILES string of the molecule is COC(=O)CC(C)S(=O)(=O)CC(=O)NCc1ccccc1. The summed E-state index contributed by atoms with van der Waals surface area (Å²) in [5.41, 5.74) is 0.880. The number of carbonyl (C=O) groups is 2. The molecule has 0 aliphatic heterocycles. The van der Waals surface area contributed by atoms with Crippen LogP contribution >= 0.6 is 0 Å². The zero-order valence-electron chi connectivity index (χ0n) is 12.0. The molecular weight excluding hydrogens is 294 g/mol. The lowest BCUT2D eigenvalue weighted by atomic mass is 10.2. The first-order valence-corrected chi connectivity index (χ1v) is 8.15. The van der Waals surface area contributed by atoms with Gasteiger partial charge in [-0.3, -0.25) is 9.59 Å². The minimum Gasteiger partial charge on any atom is -0.469 e. The Labute approximate surface area is 124 Å². The molecule has 1 aromatic rings. The van der Waals surface area contributed by atoms with Gasteiger partial charge in [0.2, 0.25) is 5.91 Å². The Balaban J connectivity index is 2.51. The van der Waals surface area contributed by atoms with Crippen molar-refractivity contribution in [3.05, 3.63) is 35.9 Å². The van der Waals surface area contributed by atoms with E-state index in [-0.39, 0.29) is 13.0 Å². The summed E-state index contributed by atoms with van der Waals surface area (Å²) in [5.74, 6) is -1.84. The number of amides is 1. The van der Waals surface area contributed by atoms with Gasteiger partial charge in [-0.05, 0) is 12.5 Å². The molecule has 0 spiro atoms. The standard InChI is InChI=1S/C14H19NO5S/c1-11(8-14(17)20-2)21(18,19)10-13(16)15-9-12-6-4-3-5-7-12/h3-7,11H,8-10H2,1-2H3,(H,15,16). The highest BCUT2D eigenvalue weighted by Gasteiger charge is 2.26. The third-order valence-electron chi connectivity index (χ3n) is 2.96. The lowest BCUT2D eigenvalue weighted by Gasteiger charge is -2.11. The largest absolute Gasteiger partial charge is 0.469 e. The fraction of sp³-hybridized carbons (Fsp3) is 0.429. The lowest BCUT2D eigenvalue weighted by Crippen LogP contribution is -2.34. The maximum Gasteiger partial charge on any atom is 0.306 e. The summed E-state index contributed by atoms with van der Waals surface area (Å²) >= 11 is 0. The molecular formula is C14H19NO5S. The minimum absolute atomic E-state index is 0.259. The number of hydrogen-bond donors (Lipinski definition) is 1. The predicted octanol–water partition coefficient (Wildman–Crippen LogP) is 0.669. The normalized spacial score (nSPS) is 12.5. The van der Waals surface area contributed by atoms with Crippen LogP contribution in [0.3, 0.4) is 0 Å². The van der Waals surface area contributed by atoms with E-state index in [2.05, 4.69) is 10.1 Å². The Kier molecular flexibility index (Phi) is 6.36. The number of hydrogen-bond acceptors (Lipinski definition) is 5. The van der Waals surface area contributed by atoms with Crippen LogP contribution in [0, 0.1) is 0 Å². The van der Waals surface area contributed by atoms with Crippen LogP contribution < -0.4 is 5.32 Å². The number of benzene rings is 1. The summed E-state index contributed by atoms with van der Waals surface area (Å²) in [6, 6.07) is 9.17. The number of methoxy groups -OCH3 is 1. The van der Waals surface area contributed by atoms with Gasteiger partial charge in [0.1, 0.15) is 5.75 Å². The fourth-order valence-corrected chi connectivity index (χ4v) is 2.76. The van der Waals surface area contributed by atoms with E-state index in [1.807, 2.05) is 30.3 Å². The van der Waals surface area contributed by atoms with Crippen LogP contribution in [0.1, 0.15) is 18.9 Å². The van der Waals surface area contributed by atoms with E-state index in [0.717, 1.165) is 5.56 Å². The van der Waals surface area contributed by atoms with Gasteiger partial charge in [-0.25, -0.2) is 8.42 Å². The first-order valence-electron chi connectivity index (χ1n) is 6.44. The van der Waals surface area contributed by atoms with Gasteiger partial charge in [0, 0.05) is 6.54 Å². The second-order valence-electron chi connectivity index (χ2n) is 4.66. The van der Waals surface area contributed by atoms with Crippen molar-refractivity contribution < 1.29 is 22.7 Å². The topological polar surface area (TPSA) is 89.5 Å². The van der Waals surface area contributed by atoms with E-state index in [4.69, 9.17) is 0 Å². The summed E-state index contributed by atoms with van der Waals surface area (Å²) in [6.07, 6.45) is -0.259. The average Bonchev–Trinajstić information content (AvgIpc) is 2.45. The number of nitrogens with one attached hydrogen (secondary N) is 1. The van der Waals surface area contributed by atoms with Crippen molar-refractivity contribution >= 4 is 21.7 Å². The molecule has 1 atom stereocenters. The summed E-state index contributed by atoms with van der Waals surface area (Å²) in [7, 11) is -2.49. The summed E-state index contributed by atoms with van der Waals surface area (Å²) < 4.78 is 28.3. The van der Waals surface area contributed by atoms with E-state index in [0.29, 0.717) is 0 Å². The van der Waals surface area contributed by atoms with Gasteiger partial charge >= 0.3 is 5.97 Å². The molecule has 1 N–H and O–H groups in total. The lowest BCUT2D eigenvalue weighted by molar-refractivity contribution is -0.140. The molecule has 6 nitrogen and oxygen atoms in total. The first kappa shape index (κ1) is 17.2. The third-order valence-corrected chi connectivity index (χ3v) is 5.02. The summed E-state index contributed by atoms with van der Waals surface area (Å²) in [4.78, 5) is 22.8. The molecule has 0 aromatic heterocycles. The fourth-order valence-electron chi connectivity index (χ4n) is 1.62. The van der Waals surface area contributed by atoms with Crippen LogP contribution in [0.15, 0.2) is 30.3 Å². The molecule has 0 radical (unpaired) electrons. The van der Waals surface area contributed by atoms with Gasteiger partial charge in [0.25, 0.3) is 0 Å². The minimum atomic E-state index is -3.68. The highest BCUT2D eigenvalue weighted by molar-refractivity contribution is 7.92. The Hall–Kier alpha value is -1.89. The highest BCUT2D eigenvalue weighted by atomic mass is 32.2. The molecule has 0 saturated carbocycles. The van der Waals surface area contributed by atoms with Gasteiger partial charge < -0.3 is 10.1 Å². The van der Waals surface area contributed by atoms with Crippen molar-refractivity contribution in [3.8, 4) is 0 Å². The van der Waals surface area contributed by atoms with E-state index >= 15 is 0 Å². The zero-order valence-corrected chi connectivity index (χ0v) is 12.9. The molecule has 1 amide bonds. The van der Waals surface area contributed by atoms with E-state index in [1.165, 1.54) is 14.0 Å². The number of ether oxygens (including phenoxy) is 1. The van der Waals surface area contributed by atoms with Crippen LogP contribution in [0.2, 0.25) is 0 Å². The van der Waals surface area contributed by atoms with Crippen LogP contribution in [0.4, 0.5) is 0 Å². The van der Waals surface area contributed by atoms with E-state index < -0.39 is 32.7 Å². The summed E-state index contributed by atoms with van der Waals surface area (Å²) in [5, 5.41) is 1.59. The van der Waals surface area contributed by atoms with Gasteiger partial charge in [0.15, 0.2) is 9.84 Å². The van der Waals surface area contributed by atoms with Crippen molar-refractivity contribution in [2.45, 2.75) is 25.1 Å². The van der Waals surface area contributed by atoms with Gasteiger partial charge in [-0.1, -0.05) is 30.3 Å². The van der Waals surface area contributed by atoms with E-state index in [1.54, 1.807) is 0 Å². The van der Waals surface area contributed by atoms with Crippen LogP contribution in [0.5, 0.6) is 0 Å². The maximum absolute atomic E-state index is 11.9. The molecule has 21 heavy (non-hydrogen) atoms. The molecule has 0 aliphatic carbocycles. The van der Waals surface area contributed by atoms with Crippen molar-refractivity contribution in [1.29, 1.82) is 0 Å². The smallest absolute Gasteiger partial charge is 0.306 e. The van der Waals surface area contributed by atoms with Gasteiger partial charge in [0.05, 0.1) is 18.8 Å².